The monoisotopic (exact) mass is 265 g/mol. The Labute approximate surface area is 104 Å². The Morgan fingerprint density at radius 1 is 1.44 bits per heavy atom. The van der Waals surface area contributed by atoms with Gasteiger partial charge in [-0.2, -0.15) is 13.2 Å². The standard InChI is InChI=1S/C12H18F3NO2/c1-8(10(17)18)16-6-3-9(12(13,14)15)11(7-16)4-2-5-11/h8-9H,2-7H2,1H3,(H,17,18)/t8-,9+/m0/s1. The highest BCUT2D eigenvalue weighted by molar-refractivity contribution is 5.72. The Hall–Kier alpha value is -0.780. The second-order valence-electron chi connectivity index (χ2n) is 5.58. The number of piperidine rings is 1. The van der Waals surface area contributed by atoms with Gasteiger partial charge in [-0.1, -0.05) is 6.42 Å². The first-order valence-electron chi connectivity index (χ1n) is 6.30. The average Bonchev–Trinajstić information content (AvgIpc) is 2.23. The molecule has 0 unspecified atom stereocenters. The number of nitrogens with zero attached hydrogens (tertiary/aromatic N) is 1. The topological polar surface area (TPSA) is 40.5 Å². The van der Waals surface area contributed by atoms with Gasteiger partial charge in [0, 0.05) is 6.54 Å². The number of likely N-dealkylation sites (tertiary alicyclic amines) is 1. The van der Waals surface area contributed by atoms with E-state index in [2.05, 4.69) is 0 Å². The fourth-order valence-corrected chi connectivity index (χ4v) is 3.33. The fraction of sp³-hybridized carbons (Fsp3) is 0.917. The van der Waals surface area contributed by atoms with Crippen LogP contribution in [0.1, 0.15) is 32.6 Å². The van der Waals surface area contributed by atoms with E-state index in [-0.39, 0.29) is 19.5 Å². The highest BCUT2D eigenvalue weighted by Crippen LogP contribution is 2.56. The molecule has 1 saturated carbocycles. The quantitative estimate of drug-likeness (QED) is 0.834. The van der Waals surface area contributed by atoms with Crippen molar-refractivity contribution in [3.8, 4) is 0 Å². The second kappa shape index (κ2) is 4.40. The zero-order valence-electron chi connectivity index (χ0n) is 10.3. The van der Waals surface area contributed by atoms with Crippen LogP contribution in [0.5, 0.6) is 0 Å². The van der Waals surface area contributed by atoms with Crippen LogP contribution in [0.15, 0.2) is 0 Å². The van der Waals surface area contributed by atoms with E-state index in [9.17, 15) is 18.0 Å². The molecule has 0 radical (unpaired) electrons. The van der Waals surface area contributed by atoms with Crippen LogP contribution < -0.4 is 0 Å². The third kappa shape index (κ3) is 2.22. The summed E-state index contributed by atoms with van der Waals surface area (Å²) in [7, 11) is 0. The molecule has 2 atom stereocenters. The second-order valence-corrected chi connectivity index (χ2v) is 5.58. The summed E-state index contributed by atoms with van der Waals surface area (Å²) in [5.74, 6) is -2.22. The van der Waals surface area contributed by atoms with E-state index in [1.54, 1.807) is 11.8 Å². The molecule has 1 N–H and O–H groups in total. The normalized spacial score (nSPS) is 29.9. The first kappa shape index (κ1) is 13.6. The van der Waals surface area contributed by atoms with Gasteiger partial charge in [-0.25, -0.2) is 0 Å². The lowest BCUT2D eigenvalue weighted by atomic mass is 9.58. The molecule has 104 valence electrons. The van der Waals surface area contributed by atoms with E-state index in [4.69, 9.17) is 5.11 Å². The fourth-order valence-electron chi connectivity index (χ4n) is 3.33. The smallest absolute Gasteiger partial charge is 0.392 e. The Morgan fingerprint density at radius 3 is 2.44 bits per heavy atom. The number of hydrogen-bond acceptors (Lipinski definition) is 2. The lowest BCUT2D eigenvalue weighted by Gasteiger charge is -2.54. The summed E-state index contributed by atoms with van der Waals surface area (Å²) in [5.41, 5.74) is -0.722. The molecule has 2 rings (SSSR count). The molecule has 2 fully saturated rings. The summed E-state index contributed by atoms with van der Waals surface area (Å²) >= 11 is 0. The number of carboxylic acid groups (broad SMARTS) is 1. The van der Waals surface area contributed by atoms with Crippen molar-refractivity contribution >= 4 is 5.97 Å². The SMILES string of the molecule is C[C@@H](C(=O)O)N1CC[C@@H](C(F)(F)F)C2(CCC2)C1. The Balaban J connectivity index is 2.13. The van der Waals surface area contributed by atoms with Gasteiger partial charge >= 0.3 is 12.1 Å². The molecule has 3 nitrogen and oxygen atoms in total. The minimum Gasteiger partial charge on any atom is -0.480 e. The molecule has 0 aromatic rings. The summed E-state index contributed by atoms with van der Waals surface area (Å²) < 4.78 is 39.0. The van der Waals surface area contributed by atoms with Crippen LogP contribution in [0.25, 0.3) is 0 Å². The first-order chi connectivity index (χ1) is 8.26. The largest absolute Gasteiger partial charge is 0.480 e. The number of carboxylic acids is 1. The summed E-state index contributed by atoms with van der Waals surface area (Å²) in [6.45, 7) is 2.03. The van der Waals surface area contributed by atoms with E-state index in [1.165, 1.54) is 0 Å². The summed E-state index contributed by atoms with van der Waals surface area (Å²) in [5, 5.41) is 8.96. The molecule has 18 heavy (non-hydrogen) atoms. The highest BCUT2D eigenvalue weighted by Gasteiger charge is 2.58. The molecule has 1 aliphatic heterocycles. The molecule has 0 aromatic heterocycles. The van der Waals surface area contributed by atoms with Crippen LogP contribution in [0, 0.1) is 11.3 Å². The molecule has 0 amide bonds. The molecule has 2 aliphatic rings. The van der Waals surface area contributed by atoms with Crippen molar-refractivity contribution in [1.82, 2.24) is 4.90 Å². The summed E-state index contributed by atoms with van der Waals surface area (Å²) in [6.07, 6.45) is -2.16. The summed E-state index contributed by atoms with van der Waals surface area (Å²) in [6, 6.07) is -0.698. The Bertz CT molecular complexity index is 339. The van der Waals surface area contributed by atoms with Crippen molar-refractivity contribution in [3.05, 3.63) is 0 Å². The number of rotatable bonds is 2. The number of hydrogen-bond donors (Lipinski definition) is 1. The van der Waals surface area contributed by atoms with Gasteiger partial charge in [0.2, 0.25) is 0 Å². The van der Waals surface area contributed by atoms with Gasteiger partial charge in [0.25, 0.3) is 0 Å². The summed E-state index contributed by atoms with van der Waals surface area (Å²) in [4.78, 5) is 12.6. The number of aliphatic carboxylic acids is 1. The third-order valence-electron chi connectivity index (χ3n) is 4.61. The van der Waals surface area contributed by atoms with Gasteiger partial charge in [0.15, 0.2) is 0 Å². The minimum atomic E-state index is -4.15. The molecular formula is C12H18F3NO2. The van der Waals surface area contributed by atoms with Crippen molar-refractivity contribution in [2.75, 3.05) is 13.1 Å². The van der Waals surface area contributed by atoms with Gasteiger partial charge in [0.05, 0.1) is 5.92 Å². The zero-order chi connectivity index (χ0) is 13.6. The minimum absolute atomic E-state index is 0.0289. The predicted molar refractivity (Wildman–Crippen MR) is 59.1 cm³/mol. The van der Waals surface area contributed by atoms with Crippen LogP contribution >= 0.6 is 0 Å². The van der Waals surface area contributed by atoms with Crippen molar-refractivity contribution in [3.63, 3.8) is 0 Å². The van der Waals surface area contributed by atoms with Gasteiger partial charge in [-0.05, 0) is 38.1 Å². The van der Waals surface area contributed by atoms with Gasteiger partial charge in [0.1, 0.15) is 6.04 Å². The third-order valence-corrected chi connectivity index (χ3v) is 4.61. The van der Waals surface area contributed by atoms with Gasteiger partial charge in [-0.15, -0.1) is 0 Å². The molecule has 6 heteroatoms. The lowest BCUT2D eigenvalue weighted by Crippen LogP contribution is -2.59. The molecule has 1 spiro atoms. The van der Waals surface area contributed by atoms with Crippen LogP contribution in [-0.4, -0.2) is 41.3 Å². The van der Waals surface area contributed by atoms with E-state index in [0.717, 1.165) is 6.42 Å². The van der Waals surface area contributed by atoms with Crippen LogP contribution in [-0.2, 0) is 4.79 Å². The number of alkyl halides is 3. The van der Waals surface area contributed by atoms with Crippen molar-refractivity contribution in [2.45, 2.75) is 44.8 Å². The maximum atomic E-state index is 13.0. The molecule has 0 bridgehead atoms. The van der Waals surface area contributed by atoms with Gasteiger partial charge < -0.3 is 5.11 Å². The molecular weight excluding hydrogens is 247 g/mol. The highest BCUT2D eigenvalue weighted by atomic mass is 19.4. The maximum Gasteiger partial charge on any atom is 0.392 e. The van der Waals surface area contributed by atoms with Crippen molar-refractivity contribution < 1.29 is 23.1 Å². The Morgan fingerprint density at radius 2 is 2.06 bits per heavy atom. The zero-order valence-corrected chi connectivity index (χ0v) is 10.3. The number of halogens is 3. The van der Waals surface area contributed by atoms with E-state index in [0.29, 0.717) is 12.8 Å². The molecule has 1 aliphatic carbocycles. The predicted octanol–water partition coefficient (Wildman–Crippen LogP) is 2.51. The Kier molecular flexibility index (Phi) is 3.34. The molecule has 1 heterocycles. The van der Waals surface area contributed by atoms with Crippen LogP contribution in [0.2, 0.25) is 0 Å². The van der Waals surface area contributed by atoms with Crippen LogP contribution in [0.3, 0.4) is 0 Å². The van der Waals surface area contributed by atoms with E-state index < -0.39 is 29.5 Å². The average molecular weight is 265 g/mol. The number of carbonyl (C=O) groups is 1. The van der Waals surface area contributed by atoms with E-state index >= 15 is 0 Å². The molecule has 1 saturated heterocycles. The van der Waals surface area contributed by atoms with Crippen molar-refractivity contribution in [1.29, 1.82) is 0 Å². The van der Waals surface area contributed by atoms with Gasteiger partial charge in [-0.3, -0.25) is 9.69 Å². The molecule has 0 aromatic carbocycles. The first-order valence-corrected chi connectivity index (χ1v) is 6.30. The lowest BCUT2D eigenvalue weighted by molar-refractivity contribution is -0.239. The van der Waals surface area contributed by atoms with Crippen LogP contribution in [0.4, 0.5) is 13.2 Å². The van der Waals surface area contributed by atoms with Crippen molar-refractivity contribution in [2.24, 2.45) is 11.3 Å². The maximum absolute atomic E-state index is 13.0. The van der Waals surface area contributed by atoms with E-state index in [1.807, 2.05) is 0 Å².